The molecule has 3 amide bonds. The number of fused-ring (bicyclic) bond motifs is 1. The summed E-state index contributed by atoms with van der Waals surface area (Å²) in [6.07, 6.45) is 1.25. The summed E-state index contributed by atoms with van der Waals surface area (Å²) in [7, 11) is 0. The van der Waals surface area contributed by atoms with E-state index in [0.717, 1.165) is 0 Å². The highest BCUT2D eigenvalue weighted by atomic mass is 35.5. The average molecular weight is 360 g/mol. The van der Waals surface area contributed by atoms with E-state index in [2.05, 4.69) is 15.6 Å². The van der Waals surface area contributed by atoms with Crippen LogP contribution in [0.2, 0.25) is 5.02 Å². The first-order valence-electron chi connectivity index (χ1n) is 6.92. The molecule has 3 N–H and O–H groups in total. The van der Waals surface area contributed by atoms with E-state index >= 15 is 0 Å². The van der Waals surface area contributed by atoms with E-state index in [1.165, 1.54) is 36.7 Å². The molecule has 0 aliphatic heterocycles. The van der Waals surface area contributed by atoms with Crippen LogP contribution in [0.1, 0.15) is 20.7 Å². The number of oxazole rings is 1. The minimum Gasteiger partial charge on any atom is -0.478 e. The molecule has 0 fully saturated rings. The van der Waals surface area contributed by atoms with Gasteiger partial charge in [0.25, 0.3) is 5.91 Å². The lowest BCUT2D eigenvalue weighted by molar-refractivity contribution is 0.0696. The van der Waals surface area contributed by atoms with Crippen molar-refractivity contribution in [1.29, 1.82) is 0 Å². The Morgan fingerprint density at radius 2 is 1.92 bits per heavy atom. The van der Waals surface area contributed by atoms with Crippen LogP contribution in [0.4, 0.5) is 10.5 Å². The highest BCUT2D eigenvalue weighted by molar-refractivity contribution is 6.33. The lowest BCUT2D eigenvalue weighted by Gasteiger charge is -2.08. The summed E-state index contributed by atoms with van der Waals surface area (Å²) in [5.74, 6) is -1.82. The minimum absolute atomic E-state index is 0.0348. The topological polar surface area (TPSA) is 122 Å². The fraction of sp³-hybridized carbons (Fsp3) is 0. The standard InChI is InChI=1S/C16H10ClN3O5/c17-11-6-9(2-3-10(11)15(22)23)19-16(24)20-14(21)8-1-4-12-13(5-8)25-7-18-12/h1-7H,(H,22,23)(H2,19,20,21,24). The van der Waals surface area contributed by atoms with Crippen molar-refractivity contribution in [3.63, 3.8) is 0 Å². The van der Waals surface area contributed by atoms with E-state index in [0.29, 0.717) is 11.1 Å². The number of halogens is 1. The molecule has 126 valence electrons. The van der Waals surface area contributed by atoms with Crippen LogP contribution in [0.15, 0.2) is 47.2 Å². The zero-order valence-corrected chi connectivity index (χ0v) is 13.2. The van der Waals surface area contributed by atoms with Gasteiger partial charge < -0.3 is 14.8 Å². The molecule has 0 unspecified atom stereocenters. The monoisotopic (exact) mass is 359 g/mol. The van der Waals surface area contributed by atoms with Gasteiger partial charge >= 0.3 is 12.0 Å². The van der Waals surface area contributed by atoms with E-state index in [1.54, 1.807) is 6.07 Å². The second-order valence-corrected chi connectivity index (χ2v) is 5.35. The highest BCUT2D eigenvalue weighted by Crippen LogP contribution is 2.21. The predicted molar refractivity (Wildman–Crippen MR) is 88.9 cm³/mol. The summed E-state index contributed by atoms with van der Waals surface area (Å²) in [5, 5.41) is 13.4. The van der Waals surface area contributed by atoms with Gasteiger partial charge in [-0.2, -0.15) is 0 Å². The van der Waals surface area contributed by atoms with E-state index in [1.807, 2.05) is 0 Å². The van der Waals surface area contributed by atoms with Crippen LogP contribution in [0, 0.1) is 0 Å². The summed E-state index contributed by atoms with van der Waals surface area (Å²) in [6, 6.07) is 7.66. The van der Waals surface area contributed by atoms with Gasteiger partial charge in [0.15, 0.2) is 12.0 Å². The van der Waals surface area contributed by atoms with Crippen molar-refractivity contribution >= 4 is 46.3 Å². The number of carbonyl (C=O) groups is 3. The second kappa shape index (κ2) is 6.62. The fourth-order valence-electron chi connectivity index (χ4n) is 2.10. The van der Waals surface area contributed by atoms with Gasteiger partial charge in [-0.15, -0.1) is 0 Å². The molecule has 0 bridgehead atoms. The molecule has 0 atom stereocenters. The molecule has 0 aliphatic carbocycles. The number of amides is 3. The summed E-state index contributed by atoms with van der Waals surface area (Å²) in [5.41, 5.74) is 1.38. The van der Waals surface area contributed by atoms with Crippen molar-refractivity contribution < 1.29 is 23.9 Å². The van der Waals surface area contributed by atoms with Crippen LogP contribution < -0.4 is 10.6 Å². The molecule has 0 saturated carbocycles. The smallest absolute Gasteiger partial charge is 0.337 e. The molecule has 2 aromatic carbocycles. The zero-order chi connectivity index (χ0) is 18.0. The third kappa shape index (κ3) is 3.59. The molecule has 8 nitrogen and oxygen atoms in total. The third-order valence-electron chi connectivity index (χ3n) is 3.28. The van der Waals surface area contributed by atoms with Crippen LogP contribution in [0.25, 0.3) is 11.1 Å². The van der Waals surface area contributed by atoms with E-state index < -0.39 is 17.9 Å². The Morgan fingerprint density at radius 3 is 2.64 bits per heavy atom. The van der Waals surface area contributed by atoms with Crippen LogP contribution in [-0.2, 0) is 0 Å². The number of hydrogen-bond donors (Lipinski definition) is 3. The first kappa shape index (κ1) is 16.5. The van der Waals surface area contributed by atoms with Crippen molar-refractivity contribution in [2.24, 2.45) is 0 Å². The van der Waals surface area contributed by atoms with E-state index in [4.69, 9.17) is 21.1 Å². The Kier molecular flexibility index (Phi) is 4.36. The number of aromatic carboxylic acids is 1. The SMILES string of the molecule is O=C(NC(=O)c1ccc2ncoc2c1)Nc1ccc(C(=O)O)c(Cl)c1. The van der Waals surface area contributed by atoms with Gasteiger partial charge in [-0.3, -0.25) is 10.1 Å². The molecule has 0 spiro atoms. The summed E-state index contributed by atoms with van der Waals surface area (Å²) in [4.78, 5) is 38.8. The lowest BCUT2D eigenvalue weighted by Crippen LogP contribution is -2.34. The van der Waals surface area contributed by atoms with Gasteiger partial charge in [0.05, 0.1) is 10.6 Å². The van der Waals surface area contributed by atoms with Crippen LogP contribution in [-0.4, -0.2) is 28.0 Å². The van der Waals surface area contributed by atoms with Gasteiger partial charge in [-0.25, -0.2) is 14.6 Å². The maximum absolute atomic E-state index is 12.1. The number of rotatable bonds is 3. The normalized spacial score (nSPS) is 10.4. The van der Waals surface area contributed by atoms with E-state index in [9.17, 15) is 14.4 Å². The minimum atomic E-state index is -1.18. The Bertz CT molecular complexity index is 998. The molecule has 25 heavy (non-hydrogen) atoms. The van der Waals surface area contributed by atoms with Gasteiger partial charge in [0.2, 0.25) is 0 Å². The van der Waals surface area contributed by atoms with Crippen molar-refractivity contribution in [3.05, 3.63) is 58.9 Å². The lowest BCUT2D eigenvalue weighted by atomic mass is 10.2. The number of carbonyl (C=O) groups excluding carboxylic acids is 2. The quantitative estimate of drug-likeness (QED) is 0.660. The Balaban J connectivity index is 1.68. The third-order valence-corrected chi connectivity index (χ3v) is 3.59. The number of aromatic nitrogens is 1. The number of imide groups is 1. The highest BCUT2D eigenvalue weighted by Gasteiger charge is 2.14. The van der Waals surface area contributed by atoms with Crippen LogP contribution >= 0.6 is 11.6 Å². The first-order chi connectivity index (χ1) is 11.9. The number of anilines is 1. The number of nitrogens with one attached hydrogen (secondary N) is 2. The van der Waals surface area contributed by atoms with Gasteiger partial charge in [-0.05, 0) is 36.4 Å². The molecular weight excluding hydrogens is 350 g/mol. The Morgan fingerprint density at radius 1 is 1.12 bits per heavy atom. The summed E-state index contributed by atoms with van der Waals surface area (Å²) in [6.45, 7) is 0. The van der Waals surface area contributed by atoms with Crippen molar-refractivity contribution in [2.45, 2.75) is 0 Å². The molecule has 1 heterocycles. The average Bonchev–Trinajstić information content (AvgIpc) is 3.01. The summed E-state index contributed by atoms with van der Waals surface area (Å²) < 4.78 is 5.10. The Labute approximate surface area is 145 Å². The number of carboxylic acids is 1. The van der Waals surface area contributed by atoms with Crippen molar-refractivity contribution in [2.75, 3.05) is 5.32 Å². The fourth-order valence-corrected chi connectivity index (χ4v) is 2.36. The maximum Gasteiger partial charge on any atom is 0.337 e. The molecule has 3 rings (SSSR count). The first-order valence-corrected chi connectivity index (χ1v) is 7.30. The van der Waals surface area contributed by atoms with E-state index in [-0.39, 0.29) is 21.8 Å². The van der Waals surface area contributed by atoms with Crippen LogP contribution in [0.5, 0.6) is 0 Å². The number of nitrogens with zero attached hydrogens (tertiary/aromatic N) is 1. The largest absolute Gasteiger partial charge is 0.478 e. The zero-order valence-electron chi connectivity index (χ0n) is 12.4. The molecule has 0 radical (unpaired) electrons. The van der Waals surface area contributed by atoms with Gasteiger partial charge in [0.1, 0.15) is 5.52 Å². The summed E-state index contributed by atoms with van der Waals surface area (Å²) >= 11 is 5.82. The molecule has 1 aromatic heterocycles. The Hall–Kier alpha value is -3.39. The molecule has 0 aliphatic rings. The predicted octanol–water partition coefficient (Wildman–Crippen LogP) is 3.14. The molecule has 9 heteroatoms. The van der Waals surface area contributed by atoms with Gasteiger partial charge in [-0.1, -0.05) is 11.6 Å². The molecule has 3 aromatic rings. The maximum atomic E-state index is 12.1. The number of urea groups is 1. The second-order valence-electron chi connectivity index (χ2n) is 4.94. The van der Waals surface area contributed by atoms with Crippen LogP contribution in [0.3, 0.4) is 0 Å². The number of benzene rings is 2. The van der Waals surface area contributed by atoms with Crippen molar-refractivity contribution in [3.8, 4) is 0 Å². The molecular formula is C16H10ClN3O5. The molecule has 0 saturated heterocycles. The number of hydrogen-bond acceptors (Lipinski definition) is 5. The van der Waals surface area contributed by atoms with Crippen molar-refractivity contribution in [1.82, 2.24) is 10.3 Å². The number of carboxylic acid groups (broad SMARTS) is 1. The van der Waals surface area contributed by atoms with Gasteiger partial charge in [0, 0.05) is 11.3 Å².